The Morgan fingerprint density at radius 3 is 2.83 bits per heavy atom. The smallest absolute Gasteiger partial charge is 0.118 e. The second kappa shape index (κ2) is 6.49. The predicted octanol–water partition coefficient (Wildman–Crippen LogP) is 2.83. The molecule has 4 rings (SSSR count). The van der Waals surface area contributed by atoms with Gasteiger partial charge < -0.3 is 13.9 Å². The number of fused-ring (bicyclic) bond motifs is 1. The van der Waals surface area contributed by atoms with Crippen LogP contribution in [0.4, 0.5) is 0 Å². The van der Waals surface area contributed by atoms with Crippen LogP contribution in [-0.4, -0.2) is 45.5 Å². The molecule has 0 amide bonds. The lowest BCUT2D eigenvalue weighted by Gasteiger charge is -2.37. The van der Waals surface area contributed by atoms with Gasteiger partial charge in [-0.1, -0.05) is 6.42 Å². The van der Waals surface area contributed by atoms with Crippen LogP contribution in [0.5, 0.6) is 0 Å². The molecule has 2 aromatic heterocycles. The van der Waals surface area contributed by atoms with Crippen molar-refractivity contribution in [3.8, 4) is 0 Å². The molecule has 2 aliphatic rings. The molecule has 0 aliphatic carbocycles. The van der Waals surface area contributed by atoms with Gasteiger partial charge in [-0.05, 0) is 45.0 Å². The van der Waals surface area contributed by atoms with Crippen LogP contribution < -0.4 is 0 Å². The van der Waals surface area contributed by atoms with Crippen LogP contribution in [0.1, 0.15) is 42.5 Å². The van der Waals surface area contributed by atoms with Gasteiger partial charge in [-0.25, -0.2) is 4.98 Å². The van der Waals surface area contributed by atoms with Gasteiger partial charge in [0, 0.05) is 25.8 Å². The molecule has 0 radical (unpaired) electrons. The summed E-state index contributed by atoms with van der Waals surface area (Å²) in [7, 11) is 0. The standard InChI is InChI=1S/C18H26N4O/c1-15-5-6-18(23-15)13-21-10-16-9-19-14-22(16)17(12-21)11-20-7-3-2-4-8-20/h5-6,9,14,17H,2-4,7-8,10-13H2,1H3. The Balaban J connectivity index is 1.47. The number of imidazole rings is 1. The van der Waals surface area contributed by atoms with Crippen molar-refractivity contribution in [2.75, 3.05) is 26.2 Å². The minimum absolute atomic E-state index is 0.496. The zero-order valence-electron chi connectivity index (χ0n) is 13.9. The van der Waals surface area contributed by atoms with E-state index in [4.69, 9.17) is 4.42 Å². The molecule has 0 spiro atoms. The number of nitrogens with zero attached hydrogens (tertiary/aromatic N) is 4. The van der Waals surface area contributed by atoms with Crippen LogP contribution in [0, 0.1) is 6.92 Å². The van der Waals surface area contributed by atoms with E-state index in [1.165, 1.54) is 38.0 Å². The van der Waals surface area contributed by atoms with Crippen LogP contribution >= 0.6 is 0 Å². The zero-order valence-corrected chi connectivity index (χ0v) is 13.9. The summed E-state index contributed by atoms with van der Waals surface area (Å²) in [6.45, 7) is 8.55. The van der Waals surface area contributed by atoms with E-state index in [0.29, 0.717) is 6.04 Å². The van der Waals surface area contributed by atoms with Gasteiger partial charge in [0.05, 0.1) is 24.6 Å². The number of aromatic nitrogens is 2. The van der Waals surface area contributed by atoms with Gasteiger partial charge in [-0.2, -0.15) is 0 Å². The first-order valence-corrected chi connectivity index (χ1v) is 8.78. The van der Waals surface area contributed by atoms with Gasteiger partial charge in [0.2, 0.25) is 0 Å². The maximum absolute atomic E-state index is 5.77. The van der Waals surface area contributed by atoms with Crippen molar-refractivity contribution < 1.29 is 4.42 Å². The summed E-state index contributed by atoms with van der Waals surface area (Å²) in [6.07, 6.45) is 8.11. The number of furan rings is 1. The summed E-state index contributed by atoms with van der Waals surface area (Å²) in [4.78, 5) is 9.50. The molecule has 2 aromatic rings. The lowest BCUT2D eigenvalue weighted by Crippen LogP contribution is -2.43. The Hall–Kier alpha value is -1.59. The second-order valence-corrected chi connectivity index (χ2v) is 6.99. The van der Waals surface area contributed by atoms with E-state index in [1.54, 1.807) is 0 Å². The minimum atomic E-state index is 0.496. The maximum atomic E-state index is 5.77. The molecule has 4 heterocycles. The Bertz CT molecular complexity index is 641. The molecule has 0 bridgehead atoms. The number of hydrogen-bond acceptors (Lipinski definition) is 4. The van der Waals surface area contributed by atoms with E-state index in [1.807, 2.05) is 19.4 Å². The number of rotatable bonds is 4. The average Bonchev–Trinajstić information content (AvgIpc) is 3.17. The highest BCUT2D eigenvalue weighted by atomic mass is 16.3. The highest BCUT2D eigenvalue weighted by Crippen LogP contribution is 2.24. The summed E-state index contributed by atoms with van der Waals surface area (Å²) in [5.74, 6) is 2.05. The molecule has 0 N–H and O–H groups in total. The third-order valence-corrected chi connectivity index (χ3v) is 5.09. The van der Waals surface area contributed by atoms with Gasteiger partial charge in [0.15, 0.2) is 0 Å². The number of hydrogen-bond donors (Lipinski definition) is 0. The monoisotopic (exact) mass is 314 g/mol. The quantitative estimate of drug-likeness (QED) is 0.870. The van der Waals surface area contributed by atoms with Gasteiger partial charge in [0.25, 0.3) is 0 Å². The number of likely N-dealkylation sites (tertiary alicyclic amines) is 1. The van der Waals surface area contributed by atoms with Gasteiger partial charge in [0.1, 0.15) is 11.5 Å². The van der Waals surface area contributed by atoms with Crippen molar-refractivity contribution in [2.24, 2.45) is 0 Å². The maximum Gasteiger partial charge on any atom is 0.118 e. The molecule has 5 heteroatoms. The normalized spacial score (nSPS) is 23.1. The Labute approximate surface area is 137 Å². The Morgan fingerprint density at radius 1 is 1.17 bits per heavy atom. The van der Waals surface area contributed by atoms with Gasteiger partial charge in [-0.3, -0.25) is 4.90 Å². The highest BCUT2D eigenvalue weighted by Gasteiger charge is 2.27. The molecular formula is C18H26N4O. The predicted molar refractivity (Wildman–Crippen MR) is 89.1 cm³/mol. The van der Waals surface area contributed by atoms with Crippen molar-refractivity contribution in [1.82, 2.24) is 19.4 Å². The summed E-state index contributed by atoms with van der Waals surface area (Å²) >= 11 is 0. The van der Waals surface area contributed by atoms with Gasteiger partial charge in [-0.15, -0.1) is 0 Å². The molecular weight excluding hydrogens is 288 g/mol. The largest absolute Gasteiger partial charge is 0.465 e. The molecule has 0 aromatic carbocycles. The van der Waals surface area contributed by atoms with E-state index >= 15 is 0 Å². The molecule has 1 fully saturated rings. The van der Waals surface area contributed by atoms with E-state index in [0.717, 1.165) is 37.7 Å². The first-order valence-electron chi connectivity index (χ1n) is 8.78. The fraction of sp³-hybridized carbons (Fsp3) is 0.611. The fourth-order valence-electron chi connectivity index (χ4n) is 3.96. The summed E-state index contributed by atoms with van der Waals surface area (Å²) in [5.41, 5.74) is 1.32. The van der Waals surface area contributed by atoms with Crippen LogP contribution in [0.15, 0.2) is 29.1 Å². The number of piperidine rings is 1. The molecule has 5 nitrogen and oxygen atoms in total. The Morgan fingerprint density at radius 2 is 2.04 bits per heavy atom. The van der Waals surface area contributed by atoms with E-state index in [2.05, 4.69) is 31.5 Å². The molecule has 1 saturated heterocycles. The lowest BCUT2D eigenvalue weighted by atomic mass is 10.1. The van der Waals surface area contributed by atoms with Crippen LogP contribution in [0.3, 0.4) is 0 Å². The van der Waals surface area contributed by atoms with Crippen LogP contribution in [-0.2, 0) is 13.1 Å². The minimum Gasteiger partial charge on any atom is -0.465 e. The molecule has 0 saturated carbocycles. The molecule has 2 aliphatic heterocycles. The lowest BCUT2D eigenvalue weighted by molar-refractivity contribution is 0.123. The topological polar surface area (TPSA) is 37.4 Å². The first-order chi connectivity index (χ1) is 11.3. The van der Waals surface area contributed by atoms with E-state index in [9.17, 15) is 0 Å². The molecule has 124 valence electrons. The van der Waals surface area contributed by atoms with Crippen molar-refractivity contribution in [3.63, 3.8) is 0 Å². The zero-order chi connectivity index (χ0) is 15.6. The van der Waals surface area contributed by atoms with E-state index in [-0.39, 0.29) is 0 Å². The van der Waals surface area contributed by atoms with Gasteiger partial charge >= 0.3 is 0 Å². The van der Waals surface area contributed by atoms with Crippen molar-refractivity contribution in [3.05, 3.63) is 41.9 Å². The third kappa shape index (κ3) is 3.35. The molecule has 23 heavy (non-hydrogen) atoms. The molecule has 1 unspecified atom stereocenters. The fourth-order valence-corrected chi connectivity index (χ4v) is 3.96. The summed E-state index contributed by atoms with van der Waals surface area (Å²) in [6, 6.07) is 4.64. The van der Waals surface area contributed by atoms with Crippen molar-refractivity contribution >= 4 is 0 Å². The SMILES string of the molecule is Cc1ccc(CN2Cc3cncn3C(CN3CCCCC3)C2)o1. The second-order valence-electron chi connectivity index (χ2n) is 6.99. The highest BCUT2D eigenvalue weighted by molar-refractivity contribution is 5.08. The van der Waals surface area contributed by atoms with Crippen LogP contribution in [0.2, 0.25) is 0 Å². The van der Waals surface area contributed by atoms with Crippen molar-refractivity contribution in [2.45, 2.75) is 45.3 Å². The van der Waals surface area contributed by atoms with E-state index < -0.39 is 0 Å². The first kappa shape index (κ1) is 15.0. The van der Waals surface area contributed by atoms with Crippen LogP contribution in [0.25, 0.3) is 0 Å². The Kier molecular flexibility index (Phi) is 4.23. The molecule has 1 atom stereocenters. The summed E-state index contributed by atoms with van der Waals surface area (Å²) in [5, 5.41) is 0. The summed E-state index contributed by atoms with van der Waals surface area (Å²) < 4.78 is 8.15. The third-order valence-electron chi connectivity index (χ3n) is 5.09. The average molecular weight is 314 g/mol. The number of aryl methyl sites for hydroxylation is 1. The van der Waals surface area contributed by atoms with Crippen molar-refractivity contribution in [1.29, 1.82) is 0 Å².